The van der Waals surface area contributed by atoms with E-state index in [0.717, 1.165) is 5.69 Å². The number of nitrogens with zero attached hydrogens (tertiary/aromatic N) is 3. The summed E-state index contributed by atoms with van der Waals surface area (Å²) in [5, 5.41) is 11.2. The highest BCUT2D eigenvalue weighted by atomic mass is 16.4. The molecule has 0 atom stereocenters. The summed E-state index contributed by atoms with van der Waals surface area (Å²) in [6.07, 6.45) is 1.93. The average Bonchev–Trinajstić information content (AvgIpc) is 2.34. The summed E-state index contributed by atoms with van der Waals surface area (Å²) in [7, 11) is 1.67. The van der Waals surface area contributed by atoms with Crippen molar-refractivity contribution in [1.29, 1.82) is 0 Å². The third-order valence-corrected chi connectivity index (χ3v) is 2.32. The predicted molar refractivity (Wildman–Crippen MR) is 64.0 cm³/mol. The first kappa shape index (κ1) is 13.0. The van der Waals surface area contributed by atoms with Gasteiger partial charge in [-0.25, -0.2) is 0 Å². The second-order valence-corrected chi connectivity index (χ2v) is 3.75. The molecule has 17 heavy (non-hydrogen) atoms. The summed E-state index contributed by atoms with van der Waals surface area (Å²) >= 11 is 0. The van der Waals surface area contributed by atoms with Gasteiger partial charge in [0.25, 0.3) is 5.91 Å². The number of aryl methyl sites for hydroxylation is 1. The van der Waals surface area contributed by atoms with Gasteiger partial charge in [-0.15, -0.1) is 0 Å². The lowest BCUT2D eigenvalue weighted by atomic mass is 10.2. The van der Waals surface area contributed by atoms with E-state index in [1.165, 1.54) is 4.90 Å². The lowest BCUT2D eigenvalue weighted by Crippen LogP contribution is -2.30. The molecule has 0 aliphatic carbocycles. The molecule has 0 fully saturated rings. The van der Waals surface area contributed by atoms with E-state index < -0.39 is 0 Å². The van der Waals surface area contributed by atoms with Crippen LogP contribution in [0.4, 0.5) is 0 Å². The Bertz CT molecular complexity index is 431. The molecule has 0 spiro atoms. The van der Waals surface area contributed by atoms with Crippen LogP contribution >= 0.6 is 0 Å². The molecule has 0 saturated heterocycles. The Balaban J connectivity index is 2.64. The number of oxime groups is 1. The Hall–Kier alpha value is -2.11. The Morgan fingerprint density at radius 3 is 2.94 bits per heavy atom. The maximum absolute atomic E-state index is 12.0. The molecule has 0 aliphatic heterocycles. The zero-order valence-electron chi connectivity index (χ0n) is 9.92. The summed E-state index contributed by atoms with van der Waals surface area (Å²) in [4.78, 5) is 17.5. The van der Waals surface area contributed by atoms with Crippen molar-refractivity contribution >= 4 is 11.7 Å². The van der Waals surface area contributed by atoms with Gasteiger partial charge in [0.05, 0.1) is 0 Å². The van der Waals surface area contributed by atoms with Gasteiger partial charge in [0.1, 0.15) is 5.84 Å². The Labute approximate surface area is 99.7 Å². The van der Waals surface area contributed by atoms with E-state index in [9.17, 15) is 4.79 Å². The maximum atomic E-state index is 12.0. The van der Waals surface area contributed by atoms with Crippen molar-refractivity contribution < 1.29 is 10.0 Å². The molecule has 1 aromatic heterocycles. The van der Waals surface area contributed by atoms with Gasteiger partial charge in [-0.3, -0.25) is 9.78 Å². The van der Waals surface area contributed by atoms with Gasteiger partial charge in [-0.2, -0.15) is 0 Å². The molecule has 0 aliphatic rings. The minimum atomic E-state index is -0.110. The monoisotopic (exact) mass is 236 g/mol. The second-order valence-electron chi connectivity index (χ2n) is 3.75. The summed E-state index contributed by atoms with van der Waals surface area (Å²) < 4.78 is 0. The van der Waals surface area contributed by atoms with Crippen LogP contribution in [-0.4, -0.2) is 40.4 Å². The smallest absolute Gasteiger partial charge is 0.253 e. The first-order valence-corrected chi connectivity index (χ1v) is 5.19. The highest BCUT2D eigenvalue weighted by Crippen LogP contribution is 2.04. The third-order valence-electron chi connectivity index (χ3n) is 2.32. The van der Waals surface area contributed by atoms with Crippen LogP contribution in [0, 0.1) is 6.92 Å². The number of rotatable bonds is 4. The topological polar surface area (TPSA) is 91.8 Å². The van der Waals surface area contributed by atoms with Crippen molar-refractivity contribution in [3.63, 3.8) is 0 Å². The quantitative estimate of drug-likeness (QED) is 0.346. The van der Waals surface area contributed by atoms with Gasteiger partial charge >= 0.3 is 0 Å². The van der Waals surface area contributed by atoms with E-state index in [1.807, 2.05) is 6.92 Å². The standard InChI is InChI=1S/C11H16N4O2/c1-8-7-9(3-5-13-8)11(16)15(2)6-4-10(12)14-17/h3,5,7,17H,4,6H2,1-2H3,(H2,12,14). The van der Waals surface area contributed by atoms with E-state index >= 15 is 0 Å². The predicted octanol–water partition coefficient (Wildman–Crippen LogP) is 0.599. The van der Waals surface area contributed by atoms with Crippen molar-refractivity contribution in [1.82, 2.24) is 9.88 Å². The van der Waals surface area contributed by atoms with Gasteiger partial charge in [0, 0.05) is 37.5 Å². The molecule has 6 heteroatoms. The SMILES string of the molecule is Cc1cc(C(=O)N(C)CC/C(N)=N/O)ccn1. The van der Waals surface area contributed by atoms with Crippen LogP contribution in [0.5, 0.6) is 0 Å². The lowest BCUT2D eigenvalue weighted by Gasteiger charge is -2.16. The number of amidine groups is 1. The molecule has 92 valence electrons. The number of amides is 1. The minimum Gasteiger partial charge on any atom is -0.409 e. The van der Waals surface area contributed by atoms with Crippen LogP contribution in [0.25, 0.3) is 0 Å². The Kier molecular flexibility index (Phi) is 4.45. The number of aromatic nitrogens is 1. The van der Waals surface area contributed by atoms with Crippen molar-refractivity contribution in [3.05, 3.63) is 29.6 Å². The summed E-state index contributed by atoms with van der Waals surface area (Å²) in [6, 6.07) is 3.39. The van der Waals surface area contributed by atoms with E-state index in [2.05, 4.69) is 10.1 Å². The summed E-state index contributed by atoms with van der Waals surface area (Å²) in [5.41, 5.74) is 6.71. The molecule has 0 unspecified atom stereocenters. The van der Waals surface area contributed by atoms with Crippen molar-refractivity contribution in [3.8, 4) is 0 Å². The first-order chi connectivity index (χ1) is 8.04. The van der Waals surface area contributed by atoms with Crippen LogP contribution in [0.1, 0.15) is 22.5 Å². The van der Waals surface area contributed by atoms with Gasteiger partial charge in [0.2, 0.25) is 0 Å². The van der Waals surface area contributed by atoms with Crippen LogP contribution in [-0.2, 0) is 0 Å². The molecule has 1 heterocycles. The zero-order valence-corrected chi connectivity index (χ0v) is 9.92. The molecule has 1 aromatic rings. The van der Waals surface area contributed by atoms with Crippen LogP contribution in [0.3, 0.4) is 0 Å². The summed E-state index contributed by atoms with van der Waals surface area (Å²) in [6.45, 7) is 2.23. The number of hydrogen-bond acceptors (Lipinski definition) is 4. The van der Waals surface area contributed by atoms with Crippen molar-refractivity contribution in [2.45, 2.75) is 13.3 Å². The van der Waals surface area contributed by atoms with Crippen LogP contribution in [0.15, 0.2) is 23.5 Å². The second kappa shape index (κ2) is 5.83. The minimum absolute atomic E-state index is 0.107. The Morgan fingerprint density at radius 1 is 1.65 bits per heavy atom. The Morgan fingerprint density at radius 2 is 2.35 bits per heavy atom. The highest BCUT2D eigenvalue weighted by molar-refractivity contribution is 5.94. The van der Waals surface area contributed by atoms with E-state index in [0.29, 0.717) is 18.5 Å². The number of nitrogens with two attached hydrogens (primary N) is 1. The summed E-state index contributed by atoms with van der Waals surface area (Å²) in [5.74, 6) is -0.00296. The molecule has 0 saturated carbocycles. The molecule has 0 radical (unpaired) electrons. The number of pyridine rings is 1. The first-order valence-electron chi connectivity index (χ1n) is 5.19. The molecule has 1 rings (SSSR count). The van der Waals surface area contributed by atoms with Crippen LogP contribution < -0.4 is 5.73 Å². The van der Waals surface area contributed by atoms with Crippen molar-refractivity contribution in [2.75, 3.05) is 13.6 Å². The molecule has 0 bridgehead atoms. The molecular formula is C11H16N4O2. The van der Waals surface area contributed by atoms with E-state index in [4.69, 9.17) is 10.9 Å². The largest absolute Gasteiger partial charge is 0.409 e. The molecule has 1 amide bonds. The number of carbonyl (C=O) groups is 1. The zero-order chi connectivity index (χ0) is 12.8. The fourth-order valence-electron chi connectivity index (χ4n) is 1.33. The van der Waals surface area contributed by atoms with Gasteiger partial charge < -0.3 is 15.8 Å². The van der Waals surface area contributed by atoms with Gasteiger partial charge in [-0.1, -0.05) is 5.16 Å². The fraction of sp³-hybridized carbons (Fsp3) is 0.364. The van der Waals surface area contributed by atoms with Gasteiger partial charge in [-0.05, 0) is 19.1 Å². The highest BCUT2D eigenvalue weighted by Gasteiger charge is 2.12. The average molecular weight is 236 g/mol. The maximum Gasteiger partial charge on any atom is 0.253 e. The van der Waals surface area contributed by atoms with E-state index in [-0.39, 0.29) is 11.7 Å². The molecule has 3 N–H and O–H groups in total. The number of carbonyl (C=O) groups excluding carboxylic acids is 1. The third kappa shape index (κ3) is 3.75. The number of hydrogen-bond donors (Lipinski definition) is 2. The fourth-order valence-corrected chi connectivity index (χ4v) is 1.33. The normalized spacial score (nSPS) is 11.3. The lowest BCUT2D eigenvalue weighted by molar-refractivity contribution is 0.0798. The van der Waals surface area contributed by atoms with Crippen molar-refractivity contribution in [2.24, 2.45) is 10.9 Å². The molecule has 0 aromatic carbocycles. The van der Waals surface area contributed by atoms with E-state index in [1.54, 1.807) is 25.4 Å². The van der Waals surface area contributed by atoms with Crippen LogP contribution in [0.2, 0.25) is 0 Å². The van der Waals surface area contributed by atoms with Gasteiger partial charge in [0.15, 0.2) is 0 Å². The molecular weight excluding hydrogens is 220 g/mol. The molecule has 6 nitrogen and oxygen atoms in total.